The van der Waals surface area contributed by atoms with Crippen molar-refractivity contribution in [3.8, 4) is 0 Å². The molecule has 1 saturated heterocycles. The standard InChI is InChI=1S/C26H38N4O2S2/c1-4-5-6-7-8-17-33-23-12-9-21(10-13-23)28-26(31)24-18-22(30-16-15-20(27)19-30)11-14-25(24)29(2)34(3)32/h9-14,18,20H,4-8,15-17,19,27H2,1-3H3,(H,28,31). The molecule has 1 aliphatic heterocycles. The predicted molar refractivity (Wildman–Crippen MR) is 148 cm³/mol. The van der Waals surface area contributed by atoms with E-state index in [1.165, 1.54) is 37.0 Å². The Labute approximate surface area is 211 Å². The van der Waals surface area contributed by atoms with Gasteiger partial charge >= 0.3 is 0 Å². The van der Waals surface area contributed by atoms with Crippen LogP contribution in [0.25, 0.3) is 0 Å². The zero-order valence-electron chi connectivity index (χ0n) is 20.6. The molecule has 2 unspecified atom stereocenters. The summed E-state index contributed by atoms with van der Waals surface area (Å²) in [7, 11) is 0.497. The smallest absolute Gasteiger partial charge is 0.257 e. The monoisotopic (exact) mass is 502 g/mol. The van der Waals surface area contributed by atoms with E-state index in [1.807, 2.05) is 42.1 Å². The second kappa shape index (κ2) is 13.2. The fourth-order valence-electron chi connectivity index (χ4n) is 4.07. The van der Waals surface area contributed by atoms with Gasteiger partial charge in [0.15, 0.2) is 0 Å². The van der Waals surface area contributed by atoms with E-state index in [4.69, 9.17) is 5.73 Å². The number of nitrogens with two attached hydrogens (primary N) is 1. The Morgan fingerprint density at radius 2 is 1.91 bits per heavy atom. The number of anilines is 3. The predicted octanol–water partition coefficient (Wildman–Crippen LogP) is 5.27. The molecule has 3 rings (SSSR count). The minimum Gasteiger partial charge on any atom is -0.370 e. The minimum absolute atomic E-state index is 0.149. The summed E-state index contributed by atoms with van der Waals surface area (Å²) in [5, 5.41) is 3.02. The van der Waals surface area contributed by atoms with E-state index in [0.29, 0.717) is 11.3 Å². The molecule has 6 nitrogen and oxygen atoms in total. The number of hydrogen-bond donors (Lipinski definition) is 2. The third-order valence-corrected chi connectivity index (χ3v) is 8.23. The Kier molecular flexibility index (Phi) is 10.3. The first-order valence-corrected chi connectivity index (χ1v) is 14.6. The number of unbranched alkanes of at least 4 members (excludes halogenated alkanes) is 4. The highest BCUT2D eigenvalue weighted by atomic mass is 32.2. The van der Waals surface area contributed by atoms with Gasteiger partial charge in [0, 0.05) is 48.7 Å². The van der Waals surface area contributed by atoms with Gasteiger partial charge in [-0.1, -0.05) is 32.6 Å². The molecular formula is C26H38N4O2S2. The number of thioether (sulfide) groups is 1. The summed E-state index contributed by atoms with van der Waals surface area (Å²) in [4.78, 5) is 16.7. The maximum absolute atomic E-state index is 13.3. The van der Waals surface area contributed by atoms with Crippen LogP contribution in [0.5, 0.6) is 0 Å². The molecule has 0 aliphatic carbocycles. The molecule has 0 bridgehead atoms. The van der Waals surface area contributed by atoms with Crippen molar-refractivity contribution in [3.05, 3.63) is 48.0 Å². The average molecular weight is 503 g/mol. The molecule has 2 aromatic carbocycles. The van der Waals surface area contributed by atoms with Gasteiger partial charge in [0.05, 0.1) is 11.3 Å². The lowest BCUT2D eigenvalue weighted by molar-refractivity contribution is 0.102. The summed E-state index contributed by atoms with van der Waals surface area (Å²) in [5.41, 5.74) is 8.93. The van der Waals surface area contributed by atoms with Crippen LogP contribution >= 0.6 is 11.8 Å². The number of carbonyl (C=O) groups excluding carboxylic acids is 1. The topological polar surface area (TPSA) is 78.7 Å². The lowest BCUT2D eigenvalue weighted by atomic mass is 10.1. The van der Waals surface area contributed by atoms with Crippen LogP contribution in [0.1, 0.15) is 55.8 Å². The molecule has 1 fully saturated rings. The second-order valence-corrected chi connectivity index (χ2v) is 11.4. The molecule has 2 aromatic rings. The molecule has 0 radical (unpaired) electrons. The van der Waals surface area contributed by atoms with Crippen molar-refractivity contribution in [2.75, 3.05) is 46.7 Å². The van der Waals surface area contributed by atoms with Crippen LogP contribution in [0.15, 0.2) is 47.4 Å². The first kappa shape index (κ1) is 26.6. The Hall–Kier alpha value is -2.03. The Morgan fingerprint density at radius 3 is 2.56 bits per heavy atom. The van der Waals surface area contributed by atoms with Crippen molar-refractivity contribution in [1.82, 2.24) is 0 Å². The van der Waals surface area contributed by atoms with E-state index < -0.39 is 11.0 Å². The number of amides is 1. The Bertz CT molecular complexity index is 968. The normalized spacial score (nSPS) is 16.5. The van der Waals surface area contributed by atoms with E-state index in [0.717, 1.165) is 36.6 Å². The van der Waals surface area contributed by atoms with E-state index in [1.54, 1.807) is 17.6 Å². The van der Waals surface area contributed by atoms with Gasteiger partial charge in [-0.15, -0.1) is 11.8 Å². The summed E-state index contributed by atoms with van der Waals surface area (Å²) >= 11 is 1.86. The number of nitrogens with one attached hydrogen (secondary N) is 1. The number of benzene rings is 2. The van der Waals surface area contributed by atoms with Crippen LogP contribution in [-0.4, -0.2) is 48.3 Å². The maximum Gasteiger partial charge on any atom is 0.257 e. The van der Waals surface area contributed by atoms with Crippen molar-refractivity contribution >= 4 is 45.7 Å². The van der Waals surface area contributed by atoms with Crippen molar-refractivity contribution in [2.45, 2.75) is 56.4 Å². The first-order valence-electron chi connectivity index (χ1n) is 12.1. The quantitative estimate of drug-likeness (QED) is 0.305. The van der Waals surface area contributed by atoms with Crippen LogP contribution in [0.3, 0.4) is 0 Å². The van der Waals surface area contributed by atoms with Gasteiger partial charge in [-0.25, -0.2) is 4.21 Å². The number of rotatable bonds is 12. The average Bonchev–Trinajstić information content (AvgIpc) is 3.27. The molecule has 0 saturated carbocycles. The lowest BCUT2D eigenvalue weighted by Gasteiger charge is -2.23. The highest BCUT2D eigenvalue weighted by molar-refractivity contribution is 7.99. The van der Waals surface area contributed by atoms with Gasteiger partial charge in [0.2, 0.25) is 0 Å². The fraction of sp³-hybridized carbons (Fsp3) is 0.500. The molecule has 34 heavy (non-hydrogen) atoms. The molecular weight excluding hydrogens is 464 g/mol. The highest BCUT2D eigenvalue weighted by Gasteiger charge is 2.23. The molecule has 0 aromatic heterocycles. The SMILES string of the molecule is CCCCCCCSc1ccc(NC(=O)c2cc(N3CCC(N)C3)ccc2N(C)S(C)=O)cc1. The van der Waals surface area contributed by atoms with Crippen LogP contribution in [0.2, 0.25) is 0 Å². The molecule has 0 spiro atoms. The highest BCUT2D eigenvalue weighted by Crippen LogP contribution is 2.29. The van der Waals surface area contributed by atoms with Gasteiger partial charge < -0.3 is 16.0 Å². The van der Waals surface area contributed by atoms with Crippen LogP contribution in [0.4, 0.5) is 17.1 Å². The minimum atomic E-state index is -1.24. The Balaban J connectivity index is 1.68. The fourth-order valence-corrected chi connectivity index (χ4v) is 5.41. The molecule has 3 N–H and O–H groups in total. The van der Waals surface area contributed by atoms with Crippen LogP contribution < -0.4 is 20.3 Å². The molecule has 2 atom stereocenters. The summed E-state index contributed by atoms with van der Waals surface area (Å²) in [6, 6.07) is 13.9. The number of nitrogens with zero attached hydrogens (tertiary/aromatic N) is 2. The summed E-state index contributed by atoms with van der Waals surface area (Å²) in [6.07, 6.45) is 8.97. The molecule has 1 amide bonds. The summed E-state index contributed by atoms with van der Waals surface area (Å²) in [6.45, 7) is 3.88. The molecule has 186 valence electrons. The largest absolute Gasteiger partial charge is 0.370 e. The van der Waals surface area contributed by atoms with E-state index in [2.05, 4.69) is 29.3 Å². The summed E-state index contributed by atoms with van der Waals surface area (Å²) in [5.74, 6) is 0.903. The summed E-state index contributed by atoms with van der Waals surface area (Å²) < 4.78 is 13.8. The Morgan fingerprint density at radius 1 is 1.18 bits per heavy atom. The van der Waals surface area contributed by atoms with E-state index in [-0.39, 0.29) is 11.9 Å². The third-order valence-electron chi connectivity index (χ3n) is 6.17. The first-order chi connectivity index (χ1) is 16.4. The van der Waals surface area contributed by atoms with Crippen molar-refractivity contribution in [3.63, 3.8) is 0 Å². The molecule has 1 aliphatic rings. The molecule has 1 heterocycles. The zero-order valence-corrected chi connectivity index (χ0v) is 22.2. The van der Waals surface area contributed by atoms with Crippen molar-refractivity contribution in [1.29, 1.82) is 0 Å². The van der Waals surface area contributed by atoms with Gasteiger partial charge in [0.25, 0.3) is 5.91 Å². The number of hydrogen-bond acceptors (Lipinski definition) is 5. The van der Waals surface area contributed by atoms with Gasteiger partial charge in [0.1, 0.15) is 11.0 Å². The van der Waals surface area contributed by atoms with E-state index in [9.17, 15) is 9.00 Å². The molecule has 8 heteroatoms. The van der Waals surface area contributed by atoms with Gasteiger partial charge in [-0.05, 0) is 61.1 Å². The second-order valence-electron chi connectivity index (χ2n) is 8.86. The van der Waals surface area contributed by atoms with Gasteiger partial charge in [-0.3, -0.25) is 9.10 Å². The van der Waals surface area contributed by atoms with Crippen molar-refractivity contribution < 1.29 is 9.00 Å². The van der Waals surface area contributed by atoms with Gasteiger partial charge in [-0.2, -0.15) is 0 Å². The lowest BCUT2D eigenvalue weighted by Crippen LogP contribution is -2.27. The number of carbonyl (C=O) groups is 1. The van der Waals surface area contributed by atoms with E-state index >= 15 is 0 Å². The van der Waals surface area contributed by atoms with Crippen LogP contribution in [-0.2, 0) is 11.0 Å². The van der Waals surface area contributed by atoms with Crippen molar-refractivity contribution in [2.24, 2.45) is 5.73 Å². The third kappa shape index (κ3) is 7.48. The zero-order chi connectivity index (χ0) is 24.5. The van der Waals surface area contributed by atoms with Crippen LogP contribution in [0, 0.1) is 0 Å². The maximum atomic E-state index is 13.3.